The number of ether oxygens (including phenoxy) is 1. The Kier molecular flexibility index (Phi) is 5.48. The Bertz CT molecular complexity index is 363. The van der Waals surface area contributed by atoms with Crippen molar-refractivity contribution in [2.75, 3.05) is 19.8 Å². The van der Waals surface area contributed by atoms with Crippen molar-refractivity contribution in [1.82, 2.24) is 5.32 Å². The van der Waals surface area contributed by atoms with Crippen molar-refractivity contribution in [2.45, 2.75) is 32.2 Å². The molecule has 18 heavy (non-hydrogen) atoms. The van der Waals surface area contributed by atoms with Crippen molar-refractivity contribution in [3.05, 3.63) is 34.9 Å². The fourth-order valence-electron chi connectivity index (χ4n) is 2.41. The topological polar surface area (TPSA) is 21.3 Å². The van der Waals surface area contributed by atoms with Crippen LogP contribution in [0.2, 0.25) is 5.02 Å². The molecule has 0 bridgehead atoms. The maximum atomic E-state index is 5.99. The zero-order valence-corrected chi connectivity index (χ0v) is 11.7. The summed E-state index contributed by atoms with van der Waals surface area (Å²) in [5, 5.41) is 4.44. The Balaban J connectivity index is 1.72. The zero-order chi connectivity index (χ0) is 12.8. The summed E-state index contributed by atoms with van der Waals surface area (Å²) < 4.78 is 5.37. The monoisotopic (exact) mass is 267 g/mol. The fourth-order valence-corrected chi connectivity index (χ4v) is 2.62. The molecule has 2 rings (SSSR count). The second-order valence-corrected chi connectivity index (χ2v) is 5.64. The van der Waals surface area contributed by atoms with Crippen LogP contribution < -0.4 is 5.32 Å². The highest BCUT2D eigenvalue weighted by Gasteiger charge is 2.14. The first-order valence-corrected chi connectivity index (χ1v) is 7.17. The lowest BCUT2D eigenvalue weighted by Crippen LogP contribution is -2.34. The van der Waals surface area contributed by atoms with Gasteiger partial charge in [-0.3, -0.25) is 0 Å². The number of benzene rings is 1. The van der Waals surface area contributed by atoms with Crippen LogP contribution in [0.25, 0.3) is 0 Å². The van der Waals surface area contributed by atoms with Crippen LogP contribution in [0.4, 0.5) is 0 Å². The van der Waals surface area contributed by atoms with Gasteiger partial charge >= 0.3 is 0 Å². The molecule has 1 aliphatic heterocycles. The molecule has 0 saturated carbocycles. The quantitative estimate of drug-likeness (QED) is 0.884. The molecular formula is C15H22ClNO. The minimum absolute atomic E-state index is 0.492. The van der Waals surface area contributed by atoms with E-state index in [-0.39, 0.29) is 0 Å². The molecule has 3 heteroatoms. The lowest BCUT2D eigenvalue weighted by molar-refractivity contribution is 0.0656. The van der Waals surface area contributed by atoms with Crippen LogP contribution in [0.15, 0.2) is 24.3 Å². The molecule has 0 aromatic heterocycles. The van der Waals surface area contributed by atoms with Crippen molar-refractivity contribution >= 4 is 11.6 Å². The Morgan fingerprint density at radius 2 is 2.17 bits per heavy atom. The first kappa shape index (κ1) is 13.9. The first-order chi connectivity index (χ1) is 8.74. The average Bonchev–Trinajstić information content (AvgIpc) is 2.38. The van der Waals surface area contributed by atoms with Gasteiger partial charge in [0.1, 0.15) is 0 Å². The van der Waals surface area contributed by atoms with Crippen molar-refractivity contribution in [3.8, 4) is 0 Å². The molecule has 1 saturated heterocycles. The summed E-state index contributed by atoms with van der Waals surface area (Å²) in [4.78, 5) is 0. The van der Waals surface area contributed by atoms with Gasteiger partial charge in [0.25, 0.3) is 0 Å². The molecule has 0 spiro atoms. The Labute approximate surface area is 115 Å². The van der Waals surface area contributed by atoms with E-state index in [9.17, 15) is 0 Å². The molecule has 1 heterocycles. The third-order valence-electron chi connectivity index (χ3n) is 3.53. The molecule has 1 atom stereocenters. The van der Waals surface area contributed by atoms with Crippen LogP contribution >= 0.6 is 11.6 Å². The van der Waals surface area contributed by atoms with E-state index in [4.69, 9.17) is 16.3 Å². The summed E-state index contributed by atoms with van der Waals surface area (Å²) in [7, 11) is 0. The summed E-state index contributed by atoms with van der Waals surface area (Å²) in [6, 6.07) is 8.62. The predicted octanol–water partition coefficient (Wildman–Crippen LogP) is 3.29. The van der Waals surface area contributed by atoms with E-state index in [0.29, 0.717) is 6.04 Å². The Morgan fingerprint density at radius 3 is 2.89 bits per heavy atom. The molecule has 1 aromatic carbocycles. The van der Waals surface area contributed by atoms with Crippen LogP contribution in [-0.2, 0) is 11.2 Å². The maximum absolute atomic E-state index is 5.99. The maximum Gasteiger partial charge on any atom is 0.0469 e. The Hall–Kier alpha value is -0.570. The highest BCUT2D eigenvalue weighted by atomic mass is 35.5. The highest BCUT2D eigenvalue weighted by Crippen LogP contribution is 2.15. The van der Waals surface area contributed by atoms with Crippen LogP contribution in [0, 0.1) is 5.92 Å². The SMILES string of the molecule is CC(Cc1cccc(Cl)c1)NCC1CCOCC1. The second kappa shape index (κ2) is 7.13. The predicted molar refractivity (Wildman–Crippen MR) is 76.2 cm³/mol. The first-order valence-electron chi connectivity index (χ1n) is 6.79. The van der Waals surface area contributed by atoms with E-state index >= 15 is 0 Å². The summed E-state index contributed by atoms with van der Waals surface area (Å²) in [5.74, 6) is 0.778. The minimum atomic E-state index is 0.492. The molecule has 1 fully saturated rings. The van der Waals surface area contributed by atoms with Gasteiger partial charge in [-0.15, -0.1) is 0 Å². The standard InChI is InChI=1S/C15H22ClNO/c1-12(9-14-3-2-4-15(16)10-14)17-11-13-5-7-18-8-6-13/h2-4,10,12-13,17H,5-9,11H2,1H3. The summed E-state index contributed by atoms with van der Waals surface area (Å²) in [6.07, 6.45) is 3.41. The molecule has 1 aliphatic rings. The van der Waals surface area contributed by atoms with Crippen molar-refractivity contribution in [2.24, 2.45) is 5.92 Å². The van der Waals surface area contributed by atoms with Crippen LogP contribution in [-0.4, -0.2) is 25.8 Å². The summed E-state index contributed by atoms with van der Waals surface area (Å²) in [5.41, 5.74) is 1.30. The molecule has 0 amide bonds. The van der Waals surface area contributed by atoms with E-state index in [1.54, 1.807) is 0 Å². The molecule has 1 unspecified atom stereocenters. The van der Waals surface area contributed by atoms with E-state index in [0.717, 1.165) is 37.1 Å². The van der Waals surface area contributed by atoms with Crippen LogP contribution in [0.5, 0.6) is 0 Å². The van der Waals surface area contributed by atoms with Crippen molar-refractivity contribution < 1.29 is 4.74 Å². The van der Waals surface area contributed by atoms with Crippen molar-refractivity contribution in [1.29, 1.82) is 0 Å². The molecule has 100 valence electrons. The minimum Gasteiger partial charge on any atom is -0.381 e. The zero-order valence-electron chi connectivity index (χ0n) is 11.0. The average molecular weight is 268 g/mol. The number of halogens is 1. The summed E-state index contributed by atoms with van der Waals surface area (Å²) >= 11 is 5.99. The number of hydrogen-bond acceptors (Lipinski definition) is 2. The van der Waals surface area contributed by atoms with Gasteiger partial charge in [-0.05, 0) is 56.3 Å². The lowest BCUT2D eigenvalue weighted by Gasteiger charge is -2.24. The third-order valence-corrected chi connectivity index (χ3v) is 3.76. The van der Waals surface area contributed by atoms with Crippen LogP contribution in [0.3, 0.4) is 0 Å². The molecule has 1 aromatic rings. The van der Waals surface area contributed by atoms with E-state index in [1.807, 2.05) is 18.2 Å². The van der Waals surface area contributed by atoms with Gasteiger partial charge in [-0.25, -0.2) is 0 Å². The molecular weight excluding hydrogens is 246 g/mol. The van der Waals surface area contributed by atoms with Gasteiger partial charge in [-0.2, -0.15) is 0 Å². The van der Waals surface area contributed by atoms with Gasteiger partial charge < -0.3 is 10.1 Å². The van der Waals surface area contributed by atoms with E-state index < -0.39 is 0 Å². The third kappa shape index (κ3) is 4.60. The molecule has 0 aliphatic carbocycles. The van der Waals surface area contributed by atoms with E-state index in [1.165, 1.54) is 18.4 Å². The number of hydrogen-bond donors (Lipinski definition) is 1. The van der Waals surface area contributed by atoms with Crippen LogP contribution in [0.1, 0.15) is 25.3 Å². The molecule has 0 radical (unpaired) electrons. The molecule has 1 N–H and O–H groups in total. The number of nitrogens with one attached hydrogen (secondary N) is 1. The smallest absolute Gasteiger partial charge is 0.0469 e. The van der Waals surface area contributed by atoms with Gasteiger partial charge in [0.2, 0.25) is 0 Å². The van der Waals surface area contributed by atoms with Gasteiger partial charge in [0, 0.05) is 24.3 Å². The van der Waals surface area contributed by atoms with Gasteiger partial charge in [-0.1, -0.05) is 23.7 Å². The highest BCUT2D eigenvalue weighted by molar-refractivity contribution is 6.30. The fraction of sp³-hybridized carbons (Fsp3) is 0.600. The normalized spacial score (nSPS) is 18.8. The van der Waals surface area contributed by atoms with E-state index in [2.05, 4.69) is 18.3 Å². The number of rotatable bonds is 5. The van der Waals surface area contributed by atoms with Gasteiger partial charge in [0.05, 0.1) is 0 Å². The van der Waals surface area contributed by atoms with Gasteiger partial charge in [0.15, 0.2) is 0 Å². The largest absolute Gasteiger partial charge is 0.381 e. The van der Waals surface area contributed by atoms with Crippen molar-refractivity contribution in [3.63, 3.8) is 0 Å². The lowest BCUT2D eigenvalue weighted by atomic mass is 9.99. The summed E-state index contributed by atoms with van der Waals surface area (Å²) in [6.45, 7) is 5.19. The molecule has 2 nitrogen and oxygen atoms in total. The Morgan fingerprint density at radius 1 is 1.39 bits per heavy atom. The second-order valence-electron chi connectivity index (χ2n) is 5.20.